The minimum Gasteiger partial charge on any atom is -0.305 e. The molecule has 0 aliphatic carbocycles. The molecule has 132 valence electrons. The molecule has 0 unspecified atom stereocenters. The number of fused-ring (bicyclic) bond motifs is 1. The Morgan fingerprint density at radius 3 is 2.77 bits per heavy atom. The summed E-state index contributed by atoms with van der Waals surface area (Å²) in [6.07, 6.45) is 0. The Bertz CT molecular complexity index is 1150. The summed E-state index contributed by atoms with van der Waals surface area (Å²) in [5, 5.41) is 14.9. The van der Waals surface area contributed by atoms with Gasteiger partial charge in [-0.1, -0.05) is 34.7 Å². The Kier molecular flexibility index (Phi) is 4.51. The van der Waals surface area contributed by atoms with E-state index in [1.807, 2.05) is 42.8 Å². The molecule has 0 saturated heterocycles. The van der Waals surface area contributed by atoms with Crippen molar-refractivity contribution >= 4 is 39.7 Å². The van der Waals surface area contributed by atoms with E-state index in [-0.39, 0.29) is 5.56 Å². The second kappa shape index (κ2) is 6.82. The van der Waals surface area contributed by atoms with Gasteiger partial charge in [0.15, 0.2) is 11.0 Å². The third kappa shape index (κ3) is 3.25. The Morgan fingerprint density at radius 1 is 1.23 bits per heavy atom. The standard InChI is InChI=1S/C16H13ClN6OS2/c1-9-21-23-13(24)7-12(18-15(23)26-9)8-25-16-20-19-14(22(16)2)10-3-5-11(17)6-4-10/h3-7H,8H2,1-2H3. The number of nitrogens with zero attached hydrogens (tertiary/aromatic N) is 6. The van der Waals surface area contributed by atoms with Gasteiger partial charge in [-0.25, -0.2) is 4.98 Å². The highest BCUT2D eigenvalue weighted by Crippen LogP contribution is 2.25. The van der Waals surface area contributed by atoms with E-state index in [0.717, 1.165) is 21.6 Å². The molecule has 0 fully saturated rings. The van der Waals surface area contributed by atoms with Crippen molar-refractivity contribution in [1.82, 2.24) is 29.4 Å². The lowest BCUT2D eigenvalue weighted by Crippen LogP contribution is -2.15. The van der Waals surface area contributed by atoms with Crippen molar-refractivity contribution in [3.63, 3.8) is 0 Å². The molecule has 0 saturated carbocycles. The summed E-state index contributed by atoms with van der Waals surface area (Å²) >= 11 is 8.81. The number of aromatic nitrogens is 6. The van der Waals surface area contributed by atoms with Crippen molar-refractivity contribution in [3.05, 3.63) is 56.4 Å². The third-order valence-electron chi connectivity index (χ3n) is 3.69. The van der Waals surface area contributed by atoms with E-state index in [4.69, 9.17) is 11.6 Å². The van der Waals surface area contributed by atoms with Gasteiger partial charge in [0.05, 0.1) is 5.69 Å². The van der Waals surface area contributed by atoms with Crippen LogP contribution in [0.5, 0.6) is 0 Å². The van der Waals surface area contributed by atoms with Gasteiger partial charge in [0.2, 0.25) is 4.96 Å². The Morgan fingerprint density at radius 2 is 2.00 bits per heavy atom. The maximum atomic E-state index is 12.1. The third-order valence-corrected chi connectivity index (χ3v) is 5.82. The van der Waals surface area contributed by atoms with Crippen molar-refractivity contribution in [2.24, 2.45) is 7.05 Å². The lowest BCUT2D eigenvalue weighted by Gasteiger charge is -2.04. The molecule has 4 rings (SSSR count). The zero-order chi connectivity index (χ0) is 18.3. The summed E-state index contributed by atoms with van der Waals surface area (Å²) in [5.41, 5.74) is 1.46. The number of benzene rings is 1. The summed E-state index contributed by atoms with van der Waals surface area (Å²) in [7, 11) is 1.91. The van der Waals surface area contributed by atoms with Crippen molar-refractivity contribution < 1.29 is 0 Å². The first-order valence-electron chi connectivity index (χ1n) is 7.66. The smallest absolute Gasteiger partial charge is 0.275 e. The van der Waals surface area contributed by atoms with Crippen molar-refractivity contribution in [1.29, 1.82) is 0 Å². The van der Waals surface area contributed by atoms with Crippen LogP contribution >= 0.6 is 34.7 Å². The SMILES string of the molecule is Cc1nn2c(=O)cc(CSc3nnc(-c4ccc(Cl)cc4)n3C)nc2s1. The van der Waals surface area contributed by atoms with E-state index in [1.165, 1.54) is 33.7 Å². The Hall–Kier alpha value is -2.23. The van der Waals surface area contributed by atoms with Gasteiger partial charge in [-0.15, -0.1) is 10.2 Å². The van der Waals surface area contributed by atoms with Crippen LogP contribution in [-0.2, 0) is 12.8 Å². The molecule has 0 amide bonds. The number of halogens is 1. The average Bonchev–Trinajstić information content (AvgIpc) is 3.16. The number of thioether (sulfide) groups is 1. The van der Waals surface area contributed by atoms with Crippen LogP contribution in [0.2, 0.25) is 5.02 Å². The molecule has 0 atom stereocenters. The molecular weight excluding hydrogens is 392 g/mol. The first-order valence-corrected chi connectivity index (χ1v) is 9.84. The predicted octanol–water partition coefficient (Wildman–Crippen LogP) is 3.20. The summed E-state index contributed by atoms with van der Waals surface area (Å²) in [4.78, 5) is 17.2. The molecule has 1 aromatic carbocycles. The van der Waals surface area contributed by atoms with E-state index in [0.29, 0.717) is 21.4 Å². The molecule has 0 radical (unpaired) electrons. The molecule has 26 heavy (non-hydrogen) atoms. The number of rotatable bonds is 4. The van der Waals surface area contributed by atoms with Gasteiger partial charge >= 0.3 is 0 Å². The normalized spacial score (nSPS) is 11.3. The van der Waals surface area contributed by atoms with Crippen LogP contribution in [0.15, 0.2) is 40.3 Å². The number of aryl methyl sites for hydroxylation is 1. The van der Waals surface area contributed by atoms with E-state index in [9.17, 15) is 4.79 Å². The molecule has 0 bridgehead atoms. The summed E-state index contributed by atoms with van der Waals surface area (Å²) in [6.45, 7) is 1.85. The number of hydrogen-bond acceptors (Lipinski definition) is 7. The van der Waals surface area contributed by atoms with Crippen molar-refractivity contribution in [2.75, 3.05) is 0 Å². The van der Waals surface area contributed by atoms with Crippen molar-refractivity contribution in [2.45, 2.75) is 17.8 Å². The van der Waals surface area contributed by atoms with Crippen LogP contribution in [-0.4, -0.2) is 29.4 Å². The Labute approximate surface area is 161 Å². The van der Waals surface area contributed by atoms with E-state index >= 15 is 0 Å². The molecule has 0 aliphatic heterocycles. The first kappa shape index (κ1) is 17.2. The Balaban J connectivity index is 1.57. The van der Waals surface area contributed by atoms with Crippen LogP contribution in [0.3, 0.4) is 0 Å². The number of hydrogen-bond donors (Lipinski definition) is 0. The summed E-state index contributed by atoms with van der Waals surface area (Å²) in [5.74, 6) is 1.28. The van der Waals surface area contributed by atoms with Crippen LogP contribution in [0.4, 0.5) is 0 Å². The topological polar surface area (TPSA) is 78.0 Å². The molecule has 7 nitrogen and oxygen atoms in total. The zero-order valence-corrected chi connectivity index (χ0v) is 16.3. The highest BCUT2D eigenvalue weighted by molar-refractivity contribution is 7.98. The molecule has 0 N–H and O–H groups in total. The van der Waals surface area contributed by atoms with Crippen LogP contribution in [0.25, 0.3) is 16.3 Å². The highest BCUT2D eigenvalue weighted by Gasteiger charge is 2.13. The lowest BCUT2D eigenvalue weighted by atomic mass is 10.2. The quantitative estimate of drug-likeness (QED) is 0.486. The predicted molar refractivity (Wildman–Crippen MR) is 103 cm³/mol. The molecule has 3 aromatic heterocycles. The first-order chi connectivity index (χ1) is 12.5. The molecule has 0 spiro atoms. The van der Waals surface area contributed by atoms with Crippen LogP contribution in [0, 0.1) is 6.92 Å². The van der Waals surface area contributed by atoms with Gasteiger partial charge in [-0.3, -0.25) is 4.79 Å². The van der Waals surface area contributed by atoms with E-state index in [2.05, 4.69) is 20.3 Å². The molecular formula is C16H13ClN6OS2. The van der Waals surface area contributed by atoms with Gasteiger partial charge in [-0.05, 0) is 31.2 Å². The summed E-state index contributed by atoms with van der Waals surface area (Å²) in [6, 6.07) is 8.96. The van der Waals surface area contributed by atoms with E-state index < -0.39 is 0 Å². The molecule has 10 heteroatoms. The highest BCUT2D eigenvalue weighted by atomic mass is 35.5. The second-order valence-electron chi connectivity index (χ2n) is 5.56. The van der Waals surface area contributed by atoms with Gasteiger partial charge in [0.25, 0.3) is 5.56 Å². The molecule has 4 aromatic rings. The fourth-order valence-corrected chi connectivity index (χ4v) is 4.15. The van der Waals surface area contributed by atoms with Gasteiger partial charge < -0.3 is 4.57 Å². The largest absolute Gasteiger partial charge is 0.305 e. The zero-order valence-electron chi connectivity index (χ0n) is 13.9. The van der Waals surface area contributed by atoms with Crippen LogP contribution < -0.4 is 5.56 Å². The monoisotopic (exact) mass is 404 g/mol. The minimum absolute atomic E-state index is 0.172. The second-order valence-corrected chi connectivity index (χ2v) is 8.10. The van der Waals surface area contributed by atoms with Crippen LogP contribution in [0.1, 0.15) is 10.7 Å². The summed E-state index contributed by atoms with van der Waals surface area (Å²) < 4.78 is 3.24. The van der Waals surface area contributed by atoms with Gasteiger partial charge in [0.1, 0.15) is 5.01 Å². The lowest BCUT2D eigenvalue weighted by molar-refractivity contribution is 0.793. The maximum absolute atomic E-state index is 12.1. The van der Waals surface area contributed by atoms with E-state index in [1.54, 1.807) is 0 Å². The van der Waals surface area contributed by atoms with Gasteiger partial charge in [0, 0.05) is 29.5 Å². The minimum atomic E-state index is -0.172. The molecule has 3 heterocycles. The maximum Gasteiger partial charge on any atom is 0.275 e. The fourth-order valence-electron chi connectivity index (χ4n) is 2.46. The fraction of sp³-hybridized carbons (Fsp3) is 0.188. The molecule has 0 aliphatic rings. The average molecular weight is 405 g/mol. The van der Waals surface area contributed by atoms with Gasteiger partial charge in [-0.2, -0.15) is 9.61 Å². The van der Waals surface area contributed by atoms with Crippen molar-refractivity contribution in [3.8, 4) is 11.4 Å².